The predicted octanol–water partition coefficient (Wildman–Crippen LogP) is 3.31. The zero-order chi connectivity index (χ0) is 15.2. The first-order chi connectivity index (χ1) is 10.2. The molecule has 0 saturated heterocycles. The van der Waals surface area contributed by atoms with E-state index in [2.05, 4.69) is 47.5 Å². The molecule has 0 aliphatic heterocycles. The molecule has 2 aromatic rings. The van der Waals surface area contributed by atoms with Gasteiger partial charge in [-0.05, 0) is 19.8 Å². The summed E-state index contributed by atoms with van der Waals surface area (Å²) in [7, 11) is 0. The Bertz CT molecular complexity index is 588. The fourth-order valence-electron chi connectivity index (χ4n) is 2.32. The van der Waals surface area contributed by atoms with E-state index in [-0.39, 0.29) is 0 Å². The average Bonchev–Trinajstić information content (AvgIpc) is 2.96. The van der Waals surface area contributed by atoms with Crippen molar-refractivity contribution in [1.82, 2.24) is 19.5 Å². The van der Waals surface area contributed by atoms with Crippen molar-refractivity contribution in [2.24, 2.45) is 0 Å². The van der Waals surface area contributed by atoms with E-state index in [0.717, 1.165) is 61.1 Å². The van der Waals surface area contributed by atoms with Crippen molar-refractivity contribution in [2.75, 3.05) is 11.9 Å². The fourth-order valence-corrected chi connectivity index (χ4v) is 2.32. The molecule has 0 aliphatic carbocycles. The van der Waals surface area contributed by atoms with Crippen LogP contribution in [-0.2, 0) is 12.8 Å². The van der Waals surface area contributed by atoms with Gasteiger partial charge in [0, 0.05) is 37.3 Å². The number of aromatic nitrogens is 4. The summed E-state index contributed by atoms with van der Waals surface area (Å²) in [4.78, 5) is 13.8. The summed E-state index contributed by atoms with van der Waals surface area (Å²) in [6, 6.07) is 0. The van der Waals surface area contributed by atoms with Crippen LogP contribution in [0, 0.1) is 6.92 Å². The smallest absolute Gasteiger partial charge is 0.146 e. The summed E-state index contributed by atoms with van der Waals surface area (Å²) in [6.07, 6.45) is 7.71. The van der Waals surface area contributed by atoms with E-state index >= 15 is 0 Å². The van der Waals surface area contributed by atoms with Gasteiger partial charge >= 0.3 is 0 Å². The van der Waals surface area contributed by atoms with E-state index in [1.54, 1.807) is 0 Å². The van der Waals surface area contributed by atoms with E-state index in [9.17, 15) is 0 Å². The highest BCUT2D eigenvalue weighted by atomic mass is 15.2. The lowest BCUT2D eigenvalue weighted by atomic mass is 10.2. The van der Waals surface area contributed by atoms with Crippen molar-refractivity contribution in [3.63, 3.8) is 0 Å². The van der Waals surface area contributed by atoms with Gasteiger partial charge in [0.15, 0.2) is 0 Å². The third-order valence-corrected chi connectivity index (χ3v) is 3.44. The number of anilines is 1. The zero-order valence-electron chi connectivity index (χ0n) is 13.5. The van der Waals surface area contributed by atoms with Crippen molar-refractivity contribution in [3.05, 3.63) is 29.6 Å². The molecular formula is C16H25N5. The highest BCUT2D eigenvalue weighted by Gasteiger charge is 2.14. The molecule has 0 atom stereocenters. The number of rotatable bonds is 7. The minimum absolute atomic E-state index is 0.886. The molecule has 2 aromatic heterocycles. The molecule has 2 rings (SSSR count). The van der Waals surface area contributed by atoms with Gasteiger partial charge in [0.25, 0.3) is 0 Å². The molecule has 0 amide bonds. The first-order valence-corrected chi connectivity index (χ1v) is 7.85. The normalized spacial score (nSPS) is 10.9. The Labute approximate surface area is 126 Å². The third kappa shape index (κ3) is 3.40. The predicted molar refractivity (Wildman–Crippen MR) is 86.0 cm³/mol. The lowest BCUT2D eigenvalue weighted by molar-refractivity contribution is 0.791. The van der Waals surface area contributed by atoms with Crippen LogP contribution in [-0.4, -0.2) is 26.1 Å². The average molecular weight is 287 g/mol. The summed E-state index contributed by atoms with van der Waals surface area (Å²) in [5, 5.41) is 3.42. The first-order valence-electron chi connectivity index (χ1n) is 7.85. The second-order valence-corrected chi connectivity index (χ2v) is 5.18. The Balaban J connectivity index is 2.50. The number of hydrogen-bond acceptors (Lipinski definition) is 4. The van der Waals surface area contributed by atoms with Crippen LogP contribution in [0.5, 0.6) is 0 Å². The van der Waals surface area contributed by atoms with E-state index in [1.165, 1.54) is 0 Å². The summed E-state index contributed by atoms with van der Waals surface area (Å²) in [5.74, 6) is 3.82. The number of imidazole rings is 1. The molecule has 5 heteroatoms. The van der Waals surface area contributed by atoms with E-state index in [1.807, 2.05) is 12.4 Å². The van der Waals surface area contributed by atoms with Crippen LogP contribution in [0.1, 0.15) is 50.8 Å². The molecule has 0 bridgehead atoms. The van der Waals surface area contributed by atoms with Crippen molar-refractivity contribution in [1.29, 1.82) is 0 Å². The fraction of sp³-hybridized carbons (Fsp3) is 0.562. The molecule has 0 fully saturated rings. The molecule has 0 spiro atoms. The molecule has 114 valence electrons. The molecule has 0 saturated carbocycles. The summed E-state index contributed by atoms with van der Waals surface area (Å²) >= 11 is 0. The SMILES string of the molecule is CCCNc1nc(CCC)nc(-n2ccnc2CC)c1C. The first kappa shape index (κ1) is 15.5. The summed E-state index contributed by atoms with van der Waals surface area (Å²) < 4.78 is 2.08. The Hall–Kier alpha value is -1.91. The Morgan fingerprint density at radius 2 is 1.95 bits per heavy atom. The highest BCUT2D eigenvalue weighted by molar-refractivity contribution is 5.52. The maximum atomic E-state index is 4.75. The van der Waals surface area contributed by atoms with Gasteiger partial charge in [-0.2, -0.15) is 0 Å². The van der Waals surface area contributed by atoms with Gasteiger partial charge in [-0.1, -0.05) is 20.8 Å². The Morgan fingerprint density at radius 1 is 1.14 bits per heavy atom. The quantitative estimate of drug-likeness (QED) is 0.849. The molecule has 0 radical (unpaired) electrons. The van der Waals surface area contributed by atoms with E-state index in [0.29, 0.717) is 0 Å². The molecule has 0 unspecified atom stereocenters. The van der Waals surface area contributed by atoms with Gasteiger partial charge in [-0.3, -0.25) is 4.57 Å². The molecule has 0 aromatic carbocycles. The lowest BCUT2D eigenvalue weighted by Gasteiger charge is -2.15. The molecule has 5 nitrogen and oxygen atoms in total. The lowest BCUT2D eigenvalue weighted by Crippen LogP contribution is -2.13. The monoisotopic (exact) mass is 287 g/mol. The van der Waals surface area contributed by atoms with Gasteiger partial charge < -0.3 is 5.32 Å². The van der Waals surface area contributed by atoms with Gasteiger partial charge in [-0.15, -0.1) is 0 Å². The number of nitrogens with zero attached hydrogens (tertiary/aromatic N) is 4. The highest BCUT2D eigenvalue weighted by Crippen LogP contribution is 2.21. The maximum Gasteiger partial charge on any atom is 0.146 e. The zero-order valence-corrected chi connectivity index (χ0v) is 13.5. The number of nitrogens with one attached hydrogen (secondary N) is 1. The van der Waals surface area contributed by atoms with Crippen LogP contribution in [0.3, 0.4) is 0 Å². The molecular weight excluding hydrogens is 262 g/mol. The van der Waals surface area contributed by atoms with Crippen LogP contribution in [0.15, 0.2) is 12.4 Å². The second kappa shape index (κ2) is 7.20. The molecule has 2 heterocycles. The third-order valence-electron chi connectivity index (χ3n) is 3.44. The van der Waals surface area contributed by atoms with Crippen molar-refractivity contribution in [3.8, 4) is 5.82 Å². The Kier molecular flexibility index (Phi) is 5.31. The van der Waals surface area contributed by atoms with Crippen LogP contribution >= 0.6 is 0 Å². The van der Waals surface area contributed by atoms with Gasteiger partial charge in [0.1, 0.15) is 23.3 Å². The minimum Gasteiger partial charge on any atom is -0.370 e. The Morgan fingerprint density at radius 3 is 2.62 bits per heavy atom. The van der Waals surface area contributed by atoms with Gasteiger partial charge in [-0.25, -0.2) is 15.0 Å². The van der Waals surface area contributed by atoms with Crippen LogP contribution in [0.25, 0.3) is 5.82 Å². The van der Waals surface area contributed by atoms with E-state index in [4.69, 9.17) is 4.98 Å². The van der Waals surface area contributed by atoms with Crippen molar-refractivity contribution >= 4 is 5.82 Å². The van der Waals surface area contributed by atoms with Crippen LogP contribution in [0.4, 0.5) is 5.82 Å². The van der Waals surface area contributed by atoms with Gasteiger partial charge in [0.2, 0.25) is 0 Å². The summed E-state index contributed by atoms with van der Waals surface area (Å²) in [5.41, 5.74) is 1.08. The maximum absolute atomic E-state index is 4.75. The van der Waals surface area contributed by atoms with Gasteiger partial charge in [0.05, 0.1) is 0 Å². The molecule has 21 heavy (non-hydrogen) atoms. The number of hydrogen-bond donors (Lipinski definition) is 1. The molecule has 0 aliphatic rings. The summed E-state index contributed by atoms with van der Waals surface area (Å²) in [6.45, 7) is 9.41. The largest absolute Gasteiger partial charge is 0.370 e. The minimum atomic E-state index is 0.886. The molecule has 1 N–H and O–H groups in total. The van der Waals surface area contributed by atoms with Crippen molar-refractivity contribution < 1.29 is 0 Å². The van der Waals surface area contributed by atoms with E-state index < -0.39 is 0 Å². The second-order valence-electron chi connectivity index (χ2n) is 5.18. The van der Waals surface area contributed by atoms with Crippen LogP contribution in [0.2, 0.25) is 0 Å². The number of aryl methyl sites for hydroxylation is 2. The van der Waals surface area contributed by atoms with Crippen LogP contribution < -0.4 is 5.32 Å². The standard InChI is InChI=1S/C16H25N5/c1-5-8-13-19-15(18-9-6-2)12(4)16(20-13)21-11-10-17-14(21)7-3/h10-11H,5-9H2,1-4H3,(H,18,19,20). The van der Waals surface area contributed by atoms with Crippen molar-refractivity contribution in [2.45, 2.75) is 53.4 Å². The topological polar surface area (TPSA) is 55.6 Å².